The Balaban J connectivity index is 0.00000256. The molecule has 5 aliphatic rings. The summed E-state index contributed by atoms with van der Waals surface area (Å²) in [7, 11) is 0. The van der Waals surface area contributed by atoms with Crippen LogP contribution >= 0.6 is 0 Å². The van der Waals surface area contributed by atoms with Gasteiger partial charge in [0.2, 0.25) is 0 Å². The number of nitrogens with zero attached hydrogens (tertiary/aromatic N) is 8. The van der Waals surface area contributed by atoms with Crippen LogP contribution in [-0.2, 0) is 17.1 Å². The van der Waals surface area contributed by atoms with Crippen molar-refractivity contribution in [2.75, 3.05) is 0 Å². The fourth-order valence-corrected chi connectivity index (χ4v) is 7.46. The normalized spacial score (nSPS) is 23.6. The summed E-state index contributed by atoms with van der Waals surface area (Å²) < 4.78 is 0. The number of hydrogen-bond donors (Lipinski definition) is 0. The monoisotopic (exact) mass is 587 g/mol. The van der Waals surface area contributed by atoms with Crippen molar-refractivity contribution in [1.29, 1.82) is 0 Å². The SMILES string of the molecule is [Cu+2].c1ccc2c(c1)-c1nc-2nc2[n-]c(nc3nc(nc4[n-]c(n1)[C@H]1CCCCC41)[C@H]1CCCCC31)c1ccccc21. The zero-order chi connectivity index (χ0) is 26.2. The Labute approximate surface area is 248 Å². The van der Waals surface area contributed by atoms with Crippen molar-refractivity contribution in [2.45, 2.75) is 75.0 Å². The first-order valence-corrected chi connectivity index (χ1v) is 14.7. The van der Waals surface area contributed by atoms with E-state index in [0.29, 0.717) is 34.8 Å². The van der Waals surface area contributed by atoms with Crippen molar-refractivity contribution < 1.29 is 17.1 Å². The summed E-state index contributed by atoms with van der Waals surface area (Å²) in [6.07, 6.45) is 9.14. The van der Waals surface area contributed by atoms with E-state index in [1.807, 2.05) is 24.3 Å². The second-order valence-electron chi connectivity index (χ2n) is 11.7. The Morgan fingerprint density at radius 2 is 1.00 bits per heavy atom. The molecule has 207 valence electrons. The molecule has 3 aliphatic heterocycles. The van der Waals surface area contributed by atoms with Gasteiger partial charge in [0.15, 0.2) is 0 Å². The van der Waals surface area contributed by atoms with Gasteiger partial charge in [-0.15, -0.1) is 0 Å². The first-order chi connectivity index (χ1) is 19.8. The molecule has 2 fully saturated rings. The van der Waals surface area contributed by atoms with Crippen molar-refractivity contribution in [3.8, 4) is 22.8 Å². The minimum atomic E-state index is 0. The summed E-state index contributed by atoms with van der Waals surface area (Å²) in [5, 5.41) is 1.95. The number of fused-ring (bicyclic) bond motifs is 20. The second-order valence-corrected chi connectivity index (χ2v) is 11.7. The average molecular weight is 588 g/mol. The summed E-state index contributed by atoms with van der Waals surface area (Å²) in [6.45, 7) is 0. The van der Waals surface area contributed by atoms with Crippen LogP contribution in [0.2, 0.25) is 0 Å². The smallest absolute Gasteiger partial charge is 0.366 e. The van der Waals surface area contributed by atoms with E-state index in [2.05, 4.69) is 24.3 Å². The van der Waals surface area contributed by atoms with Gasteiger partial charge in [-0.3, -0.25) is 4.98 Å². The molecule has 2 aromatic heterocycles. The molecule has 2 unspecified atom stereocenters. The molecule has 0 N–H and O–H groups in total. The van der Waals surface area contributed by atoms with E-state index in [1.165, 1.54) is 25.7 Å². The van der Waals surface area contributed by atoms with E-state index in [9.17, 15) is 0 Å². The summed E-state index contributed by atoms with van der Waals surface area (Å²) in [5.41, 5.74) is 3.25. The Morgan fingerprint density at radius 1 is 0.488 bits per heavy atom. The quantitative estimate of drug-likeness (QED) is 0.196. The van der Waals surface area contributed by atoms with Crippen molar-refractivity contribution in [3.05, 3.63) is 71.8 Å². The molecule has 41 heavy (non-hydrogen) atoms. The van der Waals surface area contributed by atoms with Crippen LogP contribution in [0.3, 0.4) is 0 Å². The molecule has 2 aromatic carbocycles. The predicted octanol–water partition coefficient (Wildman–Crippen LogP) is 6.24. The van der Waals surface area contributed by atoms with Gasteiger partial charge < -0.3 is 29.9 Å². The Kier molecular flexibility index (Phi) is 5.93. The number of rotatable bonds is 0. The predicted molar refractivity (Wildman–Crippen MR) is 151 cm³/mol. The van der Waals surface area contributed by atoms with Gasteiger partial charge in [-0.1, -0.05) is 74.2 Å². The third-order valence-electron chi connectivity index (χ3n) is 9.44. The molecule has 9 rings (SSSR count). The zero-order valence-corrected chi connectivity index (χ0v) is 23.4. The van der Waals surface area contributed by atoms with Gasteiger partial charge in [-0.2, -0.15) is 0 Å². The van der Waals surface area contributed by atoms with E-state index in [4.69, 9.17) is 39.9 Å². The fourth-order valence-electron chi connectivity index (χ4n) is 7.46. The van der Waals surface area contributed by atoms with Crippen LogP contribution in [0.5, 0.6) is 0 Å². The number of aromatic nitrogens is 8. The number of hydrogen-bond acceptors (Lipinski definition) is 6. The maximum absolute atomic E-state index is 5.24. The topological polar surface area (TPSA) is 106 Å². The molecule has 4 atom stereocenters. The molecule has 9 heteroatoms. The molecular weight excluding hydrogens is 560 g/mol. The van der Waals surface area contributed by atoms with Gasteiger partial charge in [0.1, 0.15) is 0 Å². The second kappa shape index (κ2) is 9.71. The van der Waals surface area contributed by atoms with E-state index in [1.54, 1.807) is 0 Å². The first-order valence-electron chi connectivity index (χ1n) is 14.7. The molecule has 8 nitrogen and oxygen atoms in total. The molecule has 0 saturated heterocycles. The van der Waals surface area contributed by atoms with Crippen molar-refractivity contribution in [2.24, 2.45) is 0 Å². The van der Waals surface area contributed by atoms with Crippen molar-refractivity contribution in [3.63, 3.8) is 0 Å². The third kappa shape index (κ3) is 3.93. The molecule has 8 bridgehead atoms. The molecule has 0 spiro atoms. The zero-order valence-electron chi connectivity index (χ0n) is 22.5. The van der Waals surface area contributed by atoms with Crippen LogP contribution in [0.25, 0.3) is 44.8 Å². The van der Waals surface area contributed by atoms with E-state index < -0.39 is 0 Å². The van der Waals surface area contributed by atoms with Crippen molar-refractivity contribution >= 4 is 22.1 Å². The van der Waals surface area contributed by atoms with E-state index in [0.717, 1.165) is 70.9 Å². The molecule has 2 saturated carbocycles. The van der Waals surface area contributed by atoms with Crippen LogP contribution in [0.15, 0.2) is 48.5 Å². The van der Waals surface area contributed by atoms with E-state index >= 15 is 0 Å². The summed E-state index contributed by atoms with van der Waals surface area (Å²) >= 11 is 0. The minimum Gasteiger partial charge on any atom is -0.366 e. The van der Waals surface area contributed by atoms with Crippen LogP contribution in [0.4, 0.5) is 0 Å². The molecular formula is C32H28CuN8. The number of benzene rings is 2. The average Bonchev–Trinajstić information content (AvgIpc) is 3.73. The van der Waals surface area contributed by atoms with Crippen LogP contribution in [-0.4, -0.2) is 29.9 Å². The van der Waals surface area contributed by atoms with Gasteiger partial charge >= 0.3 is 17.1 Å². The van der Waals surface area contributed by atoms with Crippen molar-refractivity contribution in [1.82, 2.24) is 39.9 Å². The fraction of sp³-hybridized carbons (Fsp3) is 0.375. The summed E-state index contributed by atoms with van der Waals surface area (Å²) in [6, 6.07) is 16.4. The first kappa shape index (κ1) is 25.1. The molecule has 1 radical (unpaired) electrons. The maximum atomic E-state index is 5.24. The summed E-state index contributed by atoms with van der Waals surface area (Å²) in [4.78, 5) is 40.7. The van der Waals surface area contributed by atoms with Gasteiger partial charge in [-0.25, -0.2) is 4.98 Å². The van der Waals surface area contributed by atoms with E-state index in [-0.39, 0.29) is 28.9 Å². The van der Waals surface area contributed by atoms with Gasteiger partial charge in [0, 0.05) is 34.3 Å². The summed E-state index contributed by atoms with van der Waals surface area (Å²) in [5.74, 6) is 5.97. The van der Waals surface area contributed by atoms with Gasteiger partial charge in [0.25, 0.3) is 0 Å². The molecule has 2 aliphatic carbocycles. The largest absolute Gasteiger partial charge is 2.00 e. The Bertz CT molecular complexity index is 1870. The van der Waals surface area contributed by atoms with Gasteiger partial charge in [-0.05, 0) is 59.9 Å². The third-order valence-corrected chi connectivity index (χ3v) is 9.44. The molecule has 0 amide bonds. The Morgan fingerprint density at radius 3 is 1.66 bits per heavy atom. The molecule has 5 heterocycles. The van der Waals surface area contributed by atoms with Crippen LogP contribution in [0, 0.1) is 0 Å². The standard InChI is InChI=1S/C32H28N8.Cu/c1-2-10-18-17(9-1)25-33-26(18)38-28-21-13-5-6-14-22(21)30(35-28)40-32-24-16-8-7-15-23(24)31(36-32)39-29-20-12-4-3-11-19(20)27(34-29)37-25;/h1-4,9-12,21-24H,5-8,13-16H2;/q-2;+2/t21-,22?,23?,24-;/m0./s1. The van der Waals surface area contributed by atoms with Crippen LogP contribution < -0.4 is 9.97 Å². The minimum absolute atomic E-state index is 0. The Hall–Kier alpha value is -3.68. The van der Waals surface area contributed by atoms with Crippen LogP contribution in [0.1, 0.15) is 98.3 Å². The van der Waals surface area contributed by atoms with Gasteiger partial charge in [0.05, 0.1) is 23.3 Å². The maximum Gasteiger partial charge on any atom is 2.00 e. The molecule has 4 aromatic rings.